The number of nitrogens with two attached hydrogens (primary N) is 1. The van der Waals surface area contributed by atoms with E-state index in [1.807, 2.05) is 12.1 Å². The Hall–Kier alpha value is -1.74. The summed E-state index contributed by atoms with van der Waals surface area (Å²) >= 11 is 0. The molecule has 92 valence electrons. The molecule has 2 aromatic rings. The molecule has 0 saturated carbocycles. The smallest absolute Gasteiger partial charge is 0.133 e. The Balaban J connectivity index is 2.25. The Morgan fingerprint density at radius 1 is 1.00 bits per heavy atom. The highest BCUT2D eigenvalue weighted by molar-refractivity contribution is 5.71. The van der Waals surface area contributed by atoms with Crippen molar-refractivity contribution in [2.45, 2.75) is 18.9 Å². The molecule has 2 N–H and O–H groups in total. The minimum Gasteiger partial charge on any atom is -0.324 e. The average molecular weight is 245 g/mol. The van der Waals surface area contributed by atoms with E-state index in [-0.39, 0.29) is 11.6 Å². The van der Waals surface area contributed by atoms with Gasteiger partial charge in [-0.2, -0.15) is 0 Å². The molecule has 3 heteroatoms. The Labute approximate surface area is 104 Å². The maximum absolute atomic E-state index is 13.8. The van der Waals surface area contributed by atoms with Crippen molar-refractivity contribution in [2.75, 3.05) is 0 Å². The summed E-state index contributed by atoms with van der Waals surface area (Å²) in [6.07, 6.45) is 1.61. The number of halogens is 2. The van der Waals surface area contributed by atoms with Crippen LogP contribution in [0.15, 0.2) is 36.4 Å². The minimum absolute atomic E-state index is 0.0187. The first-order chi connectivity index (χ1) is 8.68. The molecule has 0 saturated heterocycles. The van der Waals surface area contributed by atoms with Gasteiger partial charge in [-0.3, -0.25) is 0 Å². The number of hydrogen-bond donors (Lipinski definition) is 1. The molecule has 0 aliphatic heterocycles. The summed E-state index contributed by atoms with van der Waals surface area (Å²) in [5.41, 5.74) is 8.67. The third kappa shape index (κ3) is 1.63. The fourth-order valence-electron chi connectivity index (χ4n) is 2.68. The first kappa shape index (κ1) is 11.4. The predicted octanol–water partition coefficient (Wildman–Crippen LogP) is 3.58. The monoisotopic (exact) mass is 245 g/mol. The topological polar surface area (TPSA) is 26.0 Å². The van der Waals surface area contributed by atoms with Gasteiger partial charge < -0.3 is 5.73 Å². The van der Waals surface area contributed by atoms with E-state index in [9.17, 15) is 8.78 Å². The summed E-state index contributed by atoms with van der Waals surface area (Å²) in [6, 6.07) is 9.44. The van der Waals surface area contributed by atoms with Crippen molar-refractivity contribution in [3.05, 3.63) is 59.2 Å². The Morgan fingerprint density at radius 3 is 2.39 bits per heavy atom. The van der Waals surface area contributed by atoms with Crippen LogP contribution >= 0.6 is 0 Å². The molecule has 18 heavy (non-hydrogen) atoms. The molecule has 0 heterocycles. The lowest BCUT2D eigenvalue weighted by Gasteiger charge is -2.11. The van der Waals surface area contributed by atoms with E-state index >= 15 is 0 Å². The van der Waals surface area contributed by atoms with E-state index in [1.54, 1.807) is 6.07 Å². The molecule has 0 unspecified atom stereocenters. The van der Waals surface area contributed by atoms with Gasteiger partial charge in [0.1, 0.15) is 11.6 Å². The summed E-state index contributed by atoms with van der Waals surface area (Å²) in [4.78, 5) is 0. The highest BCUT2D eigenvalue weighted by atomic mass is 19.1. The zero-order valence-corrected chi connectivity index (χ0v) is 9.79. The molecule has 0 aromatic heterocycles. The van der Waals surface area contributed by atoms with Crippen LogP contribution in [-0.2, 0) is 6.42 Å². The summed E-state index contributed by atoms with van der Waals surface area (Å²) in [7, 11) is 0. The average Bonchev–Trinajstić information content (AvgIpc) is 2.72. The normalized spacial score (nSPS) is 17.8. The van der Waals surface area contributed by atoms with Gasteiger partial charge in [-0.15, -0.1) is 0 Å². The summed E-state index contributed by atoms with van der Waals surface area (Å²) in [6.45, 7) is 0. The van der Waals surface area contributed by atoms with E-state index < -0.39 is 11.6 Å². The second kappa shape index (κ2) is 4.18. The molecule has 1 atom stereocenters. The number of fused-ring (bicyclic) bond motifs is 1. The summed E-state index contributed by atoms with van der Waals surface area (Å²) < 4.78 is 27.7. The van der Waals surface area contributed by atoms with Crippen LogP contribution in [-0.4, -0.2) is 0 Å². The molecule has 1 nitrogen and oxygen atoms in total. The van der Waals surface area contributed by atoms with Crippen molar-refractivity contribution in [1.82, 2.24) is 0 Å². The third-order valence-corrected chi connectivity index (χ3v) is 3.55. The van der Waals surface area contributed by atoms with Crippen LogP contribution in [0, 0.1) is 11.6 Å². The first-order valence-corrected chi connectivity index (χ1v) is 6.00. The first-order valence-electron chi connectivity index (χ1n) is 6.00. The predicted molar refractivity (Wildman–Crippen MR) is 67.0 cm³/mol. The molecule has 0 bridgehead atoms. The lowest BCUT2D eigenvalue weighted by molar-refractivity contribution is 0.589. The summed E-state index contributed by atoms with van der Waals surface area (Å²) in [5, 5.41) is 0. The molecule has 1 aliphatic rings. The molecule has 1 aliphatic carbocycles. The van der Waals surface area contributed by atoms with Crippen molar-refractivity contribution in [1.29, 1.82) is 0 Å². The highest BCUT2D eigenvalue weighted by Crippen LogP contribution is 2.38. The molecule has 2 aromatic carbocycles. The van der Waals surface area contributed by atoms with E-state index in [2.05, 4.69) is 0 Å². The standard InChI is InChI=1S/C15H13F2N/c16-12-5-2-6-13(17)15(12)11-4-1-3-10-9(11)7-8-14(10)18/h1-6,14H,7-8,18H2/t14-/m1/s1. The van der Waals surface area contributed by atoms with Crippen molar-refractivity contribution < 1.29 is 8.78 Å². The molecular formula is C15H13F2N. The van der Waals surface area contributed by atoms with Crippen molar-refractivity contribution in [2.24, 2.45) is 5.73 Å². The number of benzene rings is 2. The minimum atomic E-state index is -0.524. The van der Waals surface area contributed by atoms with Gasteiger partial charge in [0.05, 0.1) is 5.56 Å². The maximum atomic E-state index is 13.8. The Morgan fingerprint density at radius 2 is 1.67 bits per heavy atom. The van der Waals surface area contributed by atoms with E-state index in [0.717, 1.165) is 24.0 Å². The van der Waals surface area contributed by atoms with E-state index in [4.69, 9.17) is 5.73 Å². The van der Waals surface area contributed by atoms with Gasteiger partial charge in [-0.05, 0) is 41.7 Å². The molecule has 0 amide bonds. The van der Waals surface area contributed by atoms with Crippen LogP contribution in [0.25, 0.3) is 11.1 Å². The molecule has 0 fully saturated rings. The fourth-order valence-corrected chi connectivity index (χ4v) is 2.68. The molecular weight excluding hydrogens is 232 g/mol. The number of rotatable bonds is 1. The fraction of sp³-hybridized carbons (Fsp3) is 0.200. The van der Waals surface area contributed by atoms with Gasteiger partial charge in [-0.1, -0.05) is 24.3 Å². The summed E-state index contributed by atoms with van der Waals surface area (Å²) in [5.74, 6) is -1.05. The second-order valence-electron chi connectivity index (χ2n) is 4.62. The van der Waals surface area contributed by atoms with Crippen LogP contribution in [0.1, 0.15) is 23.6 Å². The van der Waals surface area contributed by atoms with Crippen molar-refractivity contribution >= 4 is 0 Å². The van der Waals surface area contributed by atoms with Gasteiger partial charge in [-0.25, -0.2) is 8.78 Å². The Kier molecular flexibility index (Phi) is 2.63. The molecule has 0 spiro atoms. The number of hydrogen-bond acceptors (Lipinski definition) is 1. The van der Waals surface area contributed by atoms with Gasteiger partial charge in [0.2, 0.25) is 0 Å². The van der Waals surface area contributed by atoms with Gasteiger partial charge in [0.15, 0.2) is 0 Å². The van der Waals surface area contributed by atoms with E-state index in [1.165, 1.54) is 18.2 Å². The van der Waals surface area contributed by atoms with Crippen LogP contribution in [0.4, 0.5) is 8.78 Å². The van der Waals surface area contributed by atoms with Gasteiger partial charge in [0, 0.05) is 6.04 Å². The van der Waals surface area contributed by atoms with E-state index in [0.29, 0.717) is 5.56 Å². The van der Waals surface area contributed by atoms with Crippen LogP contribution in [0.5, 0.6) is 0 Å². The lowest BCUT2D eigenvalue weighted by atomic mass is 9.96. The highest BCUT2D eigenvalue weighted by Gasteiger charge is 2.24. The van der Waals surface area contributed by atoms with Crippen molar-refractivity contribution in [3.8, 4) is 11.1 Å². The second-order valence-corrected chi connectivity index (χ2v) is 4.62. The largest absolute Gasteiger partial charge is 0.324 e. The zero-order valence-electron chi connectivity index (χ0n) is 9.79. The third-order valence-electron chi connectivity index (χ3n) is 3.55. The maximum Gasteiger partial charge on any atom is 0.133 e. The van der Waals surface area contributed by atoms with Gasteiger partial charge >= 0.3 is 0 Å². The van der Waals surface area contributed by atoms with Crippen molar-refractivity contribution in [3.63, 3.8) is 0 Å². The lowest BCUT2D eigenvalue weighted by Crippen LogP contribution is -2.05. The molecule has 3 rings (SSSR count). The zero-order chi connectivity index (χ0) is 12.7. The quantitative estimate of drug-likeness (QED) is 0.816. The van der Waals surface area contributed by atoms with Crippen LogP contribution < -0.4 is 5.73 Å². The SMILES string of the molecule is N[C@@H]1CCc2c(-c3c(F)cccc3F)cccc21. The molecule has 0 radical (unpaired) electrons. The van der Waals surface area contributed by atoms with Crippen LogP contribution in [0.3, 0.4) is 0 Å². The van der Waals surface area contributed by atoms with Gasteiger partial charge in [0.25, 0.3) is 0 Å². The van der Waals surface area contributed by atoms with Crippen LogP contribution in [0.2, 0.25) is 0 Å². The Bertz CT molecular complexity index is 587.